The number of hydrogen-bond donors (Lipinski definition) is 0. The molecule has 0 spiro atoms. The average Bonchev–Trinajstić information content (AvgIpc) is 3.05. The van der Waals surface area contributed by atoms with Gasteiger partial charge in [0.15, 0.2) is 0 Å². The molecule has 1 aliphatic rings. The summed E-state index contributed by atoms with van der Waals surface area (Å²) in [7, 11) is -1.02. The number of methoxy groups -OCH3 is 2. The number of aromatic nitrogens is 2. The highest BCUT2D eigenvalue weighted by Crippen LogP contribution is 2.34. The Balaban J connectivity index is 1.32. The molecule has 226 valence electrons. The van der Waals surface area contributed by atoms with Crippen LogP contribution in [0.5, 0.6) is 17.2 Å². The van der Waals surface area contributed by atoms with Crippen LogP contribution in [0.25, 0.3) is 0 Å². The first-order valence-electron chi connectivity index (χ1n) is 14.0. The molecule has 0 bridgehead atoms. The SMILES string of the molecule is COc1ccc(CN(c2ccncn2)S(=O)(=O)c2ccc(OC3CCN(C(C)c4ccccc4)CC3)c(Cl)c2)c(OC)c1. The number of hydrogen-bond acceptors (Lipinski definition) is 8. The Kier molecular flexibility index (Phi) is 9.69. The second kappa shape index (κ2) is 13.6. The first-order valence-corrected chi connectivity index (χ1v) is 15.9. The Bertz CT molecular complexity index is 1620. The topological polar surface area (TPSA) is 94.1 Å². The minimum absolute atomic E-state index is 0.0146. The molecule has 1 unspecified atom stereocenters. The summed E-state index contributed by atoms with van der Waals surface area (Å²) >= 11 is 6.63. The second-order valence-electron chi connectivity index (χ2n) is 10.3. The van der Waals surface area contributed by atoms with E-state index in [2.05, 4.69) is 46.1 Å². The molecule has 11 heteroatoms. The number of likely N-dealkylation sites (tertiary alicyclic amines) is 1. The lowest BCUT2D eigenvalue weighted by Gasteiger charge is -2.36. The molecular weight excluding hydrogens is 588 g/mol. The zero-order valence-corrected chi connectivity index (χ0v) is 26.0. The van der Waals surface area contributed by atoms with E-state index < -0.39 is 10.0 Å². The molecule has 9 nitrogen and oxygen atoms in total. The normalized spacial score (nSPS) is 15.1. The molecule has 1 aliphatic heterocycles. The Morgan fingerprint density at radius 2 is 1.74 bits per heavy atom. The van der Waals surface area contributed by atoms with E-state index in [1.54, 1.807) is 31.4 Å². The van der Waals surface area contributed by atoms with E-state index in [0.29, 0.717) is 28.9 Å². The fourth-order valence-corrected chi connectivity index (χ4v) is 6.94. The average molecular weight is 623 g/mol. The summed E-state index contributed by atoms with van der Waals surface area (Å²) in [5.41, 5.74) is 1.92. The van der Waals surface area contributed by atoms with Crippen molar-refractivity contribution < 1.29 is 22.6 Å². The first kappa shape index (κ1) is 30.6. The van der Waals surface area contributed by atoms with E-state index >= 15 is 0 Å². The van der Waals surface area contributed by atoms with Gasteiger partial charge in [0.25, 0.3) is 10.0 Å². The highest BCUT2D eigenvalue weighted by atomic mass is 35.5. The molecule has 0 N–H and O–H groups in total. The Labute approximate surface area is 258 Å². The molecule has 0 radical (unpaired) electrons. The van der Waals surface area contributed by atoms with Crippen LogP contribution in [0.4, 0.5) is 5.82 Å². The lowest BCUT2D eigenvalue weighted by atomic mass is 10.0. The molecule has 0 saturated carbocycles. The van der Waals surface area contributed by atoms with Crippen molar-refractivity contribution in [2.24, 2.45) is 0 Å². The Hall–Kier alpha value is -3.86. The van der Waals surface area contributed by atoms with Crippen molar-refractivity contribution in [1.82, 2.24) is 14.9 Å². The largest absolute Gasteiger partial charge is 0.497 e. The maximum atomic E-state index is 14.0. The molecule has 2 heterocycles. The van der Waals surface area contributed by atoms with Crippen molar-refractivity contribution in [3.05, 3.63) is 101 Å². The van der Waals surface area contributed by atoms with Crippen LogP contribution >= 0.6 is 11.6 Å². The Morgan fingerprint density at radius 3 is 2.40 bits per heavy atom. The van der Waals surface area contributed by atoms with Gasteiger partial charge in [0.2, 0.25) is 0 Å². The van der Waals surface area contributed by atoms with Gasteiger partial charge in [0.05, 0.1) is 30.7 Å². The van der Waals surface area contributed by atoms with E-state index in [9.17, 15) is 8.42 Å². The molecule has 0 amide bonds. The number of anilines is 1. The second-order valence-corrected chi connectivity index (χ2v) is 12.6. The van der Waals surface area contributed by atoms with Gasteiger partial charge in [-0.15, -0.1) is 0 Å². The molecule has 0 aliphatic carbocycles. The number of sulfonamides is 1. The van der Waals surface area contributed by atoms with Crippen LogP contribution in [0.15, 0.2) is 90.2 Å². The summed E-state index contributed by atoms with van der Waals surface area (Å²) in [5.74, 6) is 1.75. The predicted molar refractivity (Wildman–Crippen MR) is 166 cm³/mol. The van der Waals surface area contributed by atoms with E-state index in [1.807, 2.05) is 6.07 Å². The third-order valence-electron chi connectivity index (χ3n) is 7.72. The summed E-state index contributed by atoms with van der Waals surface area (Å²) in [5, 5.41) is 0.228. The van der Waals surface area contributed by atoms with Gasteiger partial charge in [-0.2, -0.15) is 0 Å². The number of ether oxygens (including phenoxy) is 3. The summed E-state index contributed by atoms with van der Waals surface area (Å²) in [6.45, 7) is 3.98. The molecule has 4 aromatic rings. The van der Waals surface area contributed by atoms with Crippen molar-refractivity contribution in [3.63, 3.8) is 0 Å². The van der Waals surface area contributed by atoms with Crippen LogP contribution in [0, 0.1) is 0 Å². The van der Waals surface area contributed by atoms with Crippen molar-refractivity contribution in [2.75, 3.05) is 31.6 Å². The molecule has 1 atom stereocenters. The third-order valence-corrected chi connectivity index (χ3v) is 9.76. The Morgan fingerprint density at radius 1 is 0.977 bits per heavy atom. The fourth-order valence-electron chi connectivity index (χ4n) is 5.23. The van der Waals surface area contributed by atoms with Gasteiger partial charge >= 0.3 is 0 Å². The standard InChI is InChI=1S/C32H35ClN4O5S/c1-23(24-7-5-4-6-8-24)36-17-14-26(15-18-36)42-30-12-11-28(20-29(30)33)43(38,39)37(32-13-16-34-22-35-32)21-25-9-10-27(40-2)19-31(25)41-3/h4-13,16,19-20,22-23,26H,14-15,17-18,21H2,1-3H3. The maximum Gasteiger partial charge on any atom is 0.265 e. The van der Waals surface area contributed by atoms with Gasteiger partial charge in [-0.3, -0.25) is 4.90 Å². The number of rotatable bonds is 11. The highest BCUT2D eigenvalue weighted by Gasteiger charge is 2.29. The first-order chi connectivity index (χ1) is 20.8. The third kappa shape index (κ3) is 7.04. The van der Waals surface area contributed by atoms with Gasteiger partial charge in [0, 0.05) is 43.0 Å². The number of benzene rings is 3. The molecule has 5 rings (SSSR count). The van der Waals surface area contributed by atoms with Crippen LogP contribution in [-0.4, -0.2) is 56.7 Å². The number of piperidine rings is 1. The van der Waals surface area contributed by atoms with Gasteiger partial charge < -0.3 is 14.2 Å². The van der Waals surface area contributed by atoms with Gasteiger partial charge in [-0.05, 0) is 55.7 Å². The summed E-state index contributed by atoms with van der Waals surface area (Å²) < 4.78 is 46.3. The quantitative estimate of drug-likeness (QED) is 0.197. The minimum Gasteiger partial charge on any atom is -0.497 e. The highest BCUT2D eigenvalue weighted by molar-refractivity contribution is 7.92. The zero-order chi connectivity index (χ0) is 30.4. The fraction of sp³-hybridized carbons (Fsp3) is 0.312. The molecule has 1 saturated heterocycles. The van der Waals surface area contributed by atoms with Crippen LogP contribution in [0.1, 0.15) is 36.9 Å². The predicted octanol–water partition coefficient (Wildman–Crippen LogP) is 6.15. The number of nitrogens with zero attached hydrogens (tertiary/aromatic N) is 4. The maximum absolute atomic E-state index is 14.0. The minimum atomic E-state index is -4.10. The molecular formula is C32H35ClN4O5S. The van der Waals surface area contributed by atoms with Crippen LogP contribution in [-0.2, 0) is 16.6 Å². The van der Waals surface area contributed by atoms with Crippen LogP contribution < -0.4 is 18.5 Å². The summed E-state index contributed by atoms with van der Waals surface area (Å²) in [6.07, 6.45) is 4.47. The van der Waals surface area contributed by atoms with E-state index in [-0.39, 0.29) is 28.4 Å². The van der Waals surface area contributed by atoms with Crippen molar-refractivity contribution in [3.8, 4) is 17.2 Å². The van der Waals surface area contributed by atoms with E-state index in [1.165, 1.54) is 47.7 Å². The van der Waals surface area contributed by atoms with Gasteiger partial charge in [0.1, 0.15) is 35.5 Å². The van der Waals surface area contributed by atoms with Crippen molar-refractivity contribution in [1.29, 1.82) is 0 Å². The van der Waals surface area contributed by atoms with Crippen LogP contribution in [0.3, 0.4) is 0 Å². The van der Waals surface area contributed by atoms with E-state index in [0.717, 1.165) is 25.9 Å². The lowest BCUT2D eigenvalue weighted by Crippen LogP contribution is -2.39. The van der Waals surface area contributed by atoms with E-state index in [4.69, 9.17) is 25.8 Å². The smallest absolute Gasteiger partial charge is 0.265 e. The number of halogens is 1. The molecule has 43 heavy (non-hydrogen) atoms. The van der Waals surface area contributed by atoms with Crippen LogP contribution in [0.2, 0.25) is 5.02 Å². The van der Waals surface area contributed by atoms with Gasteiger partial charge in [-0.1, -0.05) is 41.9 Å². The van der Waals surface area contributed by atoms with Gasteiger partial charge in [-0.25, -0.2) is 22.7 Å². The summed E-state index contributed by atoms with van der Waals surface area (Å²) in [4.78, 5) is 10.6. The lowest BCUT2D eigenvalue weighted by molar-refractivity contribution is 0.0797. The molecule has 1 aromatic heterocycles. The molecule has 3 aromatic carbocycles. The van der Waals surface area contributed by atoms with Crippen molar-refractivity contribution >= 4 is 27.4 Å². The van der Waals surface area contributed by atoms with Crippen molar-refractivity contribution in [2.45, 2.75) is 43.4 Å². The molecule has 1 fully saturated rings. The zero-order valence-electron chi connectivity index (χ0n) is 24.4. The summed E-state index contributed by atoms with van der Waals surface area (Å²) in [6, 6.07) is 22.1. The monoisotopic (exact) mass is 622 g/mol.